The van der Waals surface area contributed by atoms with Gasteiger partial charge in [-0.3, -0.25) is 19.3 Å². The average molecular weight is 418 g/mol. The summed E-state index contributed by atoms with van der Waals surface area (Å²) < 4.78 is 5.04. The summed E-state index contributed by atoms with van der Waals surface area (Å²) in [5.41, 5.74) is 1.80. The van der Waals surface area contributed by atoms with Crippen molar-refractivity contribution in [1.29, 1.82) is 0 Å². The number of esters is 1. The number of imide groups is 1. The molecule has 1 heterocycles. The van der Waals surface area contributed by atoms with E-state index in [-0.39, 0.29) is 24.8 Å². The molecule has 1 aromatic rings. The minimum Gasteiger partial charge on any atom is -0.456 e. The second-order valence-electron chi connectivity index (χ2n) is 8.59. The Bertz CT molecular complexity index is 819. The fraction of sp³-hybridized carbons (Fsp3) is 0.545. The maximum absolute atomic E-state index is 12.4. The van der Waals surface area contributed by atoms with Crippen molar-refractivity contribution in [1.82, 2.24) is 10.2 Å². The van der Waals surface area contributed by atoms with E-state index >= 15 is 0 Å². The molecule has 0 aromatic heterocycles. The van der Waals surface area contributed by atoms with E-state index in [1.165, 1.54) is 0 Å². The Balaban J connectivity index is 1.92. The molecule has 2 rings (SSSR count). The lowest BCUT2D eigenvalue weighted by atomic mass is 9.92. The largest absolute Gasteiger partial charge is 0.456 e. The van der Waals surface area contributed by atoms with Gasteiger partial charge in [-0.15, -0.1) is 0 Å². The molecule has 164 valence electrons. The molecule has 4 amide bonds. The van der Waals surface area contributed by atoms with Gasteiger partial charge < -0.3 is 15.4 Å². The van der Waals surface area contributed by atoms with Crippen LogP contribution in [0.1, 0.15) is 70.9 Å². The van der Waals surface area contributed by atoms with Crippen LogP contribution < -0.4 is 10.6 Å². The Morgan fingerprint density at radius 3 is 2.13 bits per heavy atom. The second-order valence-corrected chi connectivity index (χ2v) is 8.59. The zero-order valence-electron chi connectivity index (χ0n) is 18.5. The number of benzene rings is 1. The number of nitrogens with zero attached hydrogens (tertiary/aromatic N) is 1. The van der Waals surface area contributed by atoms with E-state index in [4.69, 9.17) is 4.74 Å². The van der Waals surface area contributed by atoms with Gasteiger partial charge in [0.2, 0.25) is 0 Å². The van der Waals surface area contributed by atoms with Gasteiger partial charge in [0.1, 0.15) is 5.54 Å². The van der Waals surface area contributed by atoms with Gasteiger partial charge in [-0.1, -0.05) is 45.9 Å². The van der Waals surface area contributed by atoms with Crippen LogP contribution in [0.25, 0.3) is 0 Å². The number of amides is 4. The molecule has 1 aliphatic heterocycles. The third kappa shape index (κ3) is 5.37. The third-order valence-corrected chi connectivity index (χ3v) is 4.99. The Morgan fingerprint density at radius 2 is 1.67 bits per heavy atom. The van der Waals surface area contributed by atoms with Crippen LogP contribution in [0.3, 0.4) is 0 Å². The molecule has 0 aliphatic carbocycles. The van der Waals surface area contributed by atoms with Crippen molar-refractivity contribution >= 4 is 29.5 Å². The standard InChI is InChI=1S/C22H31N3O5/c1-13(2)15-8-7-9-16(14(3)4)19(15)23-17(26)12-30-18(27)10-11-25-20(28)22(5,6)24-21(25)29/h7-9,13-14H,10-12H2,1-6H3,(H,23,26)(H,24,29). The van der Waals surface area contributed by atoms with E-state index in [1.54, 1.807) is 13.8 Å². The highest BCUT2D eigenvalue weighted by Gasteiger charge is 2.44. The number of hydrogen-bond donors (Lipinski definition) is 2. The molecule has 0 spiro atoms. The summed E-state index contributed by atoms with van der Waals surface area (Å²) in [7, 11) is 0. The molecular weight excluding hydrogens is 386 g/mol. The number of rotatable bonds is 8. The smallest absolute Gasteiger partial charge is 0.325 e. The lowest BCUT2D eigenvalue weighted by Gasteiger charge is -2.20. The minimum absolute atomic E-state index is 0.0950. The molecule has 30 heavy (non-hydrogen) atoms. The molecule has 0 unspecified atom stereocenters. The Labute approximate surface area is 177 Å². The summed E-state index contributed by atoms with van der Waals surface area (Å²) in [6, 6.07) is 5.37. The maximum Gasteiger partial charge on any atom is 0.325 e. The van der Waals surface area contributed by atoms with Gasteiger partial charge in [0.25, 0.3) is 11.8 Å². The summed E-state index contributed by atoms with van der Waals surface area (Å²) in [6.45, 7) is 10.8. The lowest BCUT2D eigenvalue weighted by molar-refractivity contribution is -0.147. The van der Waals surface area contributed by atoms with Crippen molar-refractivity contribution in [3.63, 3.8) is 0 Å². The maximum atomic E-state index is 12.4. The highest BCUT2D eigenvalue weighted by molar-refractivity contribution is 6.06. The number of para-hydroxylation sites is 1. The molecule has 1 saturated heterocycles. The first-order chi connectivity index (χ1) is 13.9. The van der Waals surface area contributed by atoms with Crippen molar-refractivity contribution in [2.24, 2.45) is 0 Å². The highest BCUT2D eigenvalue weighted by Crippen LogP contribution is 2.32. The average Bonchev–Trinajstić information content (AvgIpc) is 2.85. The zero-order chi connectivity index (χ0) is 22.6. The van der Waals surface area contributed by atoms with Crippen LogP contribution in [0.2, 0.25) is 0 Å². The Morgan fingerprint density at radius 1 is 1.10 bits per heavy atom. The predicted molar refractivity (Wildman–Crippen MR) is 113 cm³/mol. The van der Waals surface area contributed by atoms with Gasteiger partial charge in [0, 0.05) is 12.2 Å². The molecule has 0 saturated carbocycles. The summed E-state index contributed by atoms with van der Waals surface area (Å²) >= 11 is 0. The monoisotopic (exact) mass is 417 g/mol. The summed E-state index contributed by atoms with van der Waals surface area (Å²) in [5, 5.41) is 5.42. The molecule has 1 aliphatic rings. The first-order valence-electron chi connectivity index (χ1n) is 10.2. The fourth-order valence-electron chi connectivity index (χ4n) is 3.31. The van der Waals surface area contributed by atoms with Crippen molar-refractivity contribution in [2.75, 3.05) is 18.5 Å². The van der Waals surface area contributed by atoms with Gasteiger partial charge in [-0.05, 0) is 36.8 Å². The van der Waals surface area contributed by atoms with Crippen molar-refractivity contribution in [3.8, 4) is 0 Å². The number of carbonyl (C=O) groups excluding carboxylic acids is 4. The highest BCUT2D eigenvalue weighted by atomic mass is 16.5. The van der Waals surface area contributed by atoms with E-state index in [2.05, 4.69) is 10.6 Å². The Kier molecular flexibility index (Phi) is 7.23. The molecule has 0 bridgehead atoms. The number of ether oxygens (including phenoxy) is 1. The van der Waals surface area contributed by atoms with E-state index < -0.39 is 36.0 Å². The number of hydrogen-bond acceptors (Lipinski definition) is 5. The van der Waals surface area contributed by atoms with E-state index in [1.807, 2.05) is 45.9 Å². The number of nitrogens with one attached hydrogen (secondary N) is 2. The van der Waals surface area contributed by atoms with Crippen molar-refractivity contribution in [2.45, 2.75) is 65.3 Å². The van der Waals surface area contributed by atoms with E-state index in [0.29, 0.717) is 0 Å². The summed E-state index contributed by atoms with van der Waals surface area (Å²) in [4.78, 5) is 49.3. The molecule has 2 N–H and O–H groups in total. The third-order valence-electron chi connectivity index (χ3n) is 4.99. The van der Waals surface area contributed by atoms with E-state index in [9.17, 15) is 19.2 Å². The minimum atomic E-state index is -0.987. The molecule has 8 heteroatoms. The van der Waals surface area contributed by atoms with Crippen molar-refractivity contribution in [3.05, 3.63) is 29.3 Å². The topological polar surface area (TPSA) is 105 Å². The molecule has 8 nitrogen and oxygen atoms in total. The normalized spacial score (nSPS) is 15.5. The van der Waals surface area contributed by atoms with Gasteiger partial charge in [-0.25, -0.2) is 4.79 Å². The zero-order valence-corrected chi connectivity index (χ0v) is 18.5. The predicted octanol–water partition coefficient (Wildman–Crippen LogP) is 3.14. The second kappa shape index (κ2) is 9.28. The number of urea groups is 1. The first-order valence-corrected chi connectivity index (χ1v) is 10.2. The first kappa shape index (κ1) is 23.4. The molecule has 0 radical (unpaired) electrons. The molecular formula is C22H31N3O5. The quantitative estimate of drug-likeness (QED) is 0.499. The summed E-state index contributed by atoms with van der Waals surface area (Å²) in [5.74, 6) is -1.05. The molecule has 1 aromatic carbocycles. The summed E-state index contributed by atoms with van der Waals surface area (Å²) in [6.07, 6.45) is -0.178. The number of carbonyl (C=O) groups is 4. The van der Waals surface area contributed by atoms with Crippen LogP contribution in [0, 0.1) is 0 Å². The SMILES string of the molecule is CC(C)c1cccc(C(C)C)c1NC(=O)COC(=O)CCN1C(=O)NC(C)(C)C1=O. The van der Waals surface area contributed by atoms with Crippen LogP contribution in [-0.4, -0.2) is 47.4 Å². The number of anilines is 1. The van der Waals surface area contributed by atoms with Crippen LogP contribution in [0.4, 0.5) is 10.5 Å². The van der Waals surface area contributed by atoms with Crippen LogP contribution in [0.5, 0.6) is 0 Å². The van der Waals surface area contributed by atoms with Gasteiger partial charge in [0.05, 0.1) is 6.42 Å². The molecule has 1 fully saturated rings. The van der Waals surface area contributed by atoms with Gasteiger partial charge in [0.15, 0.2) is 6.61 Å². The lowest BCUT2D eigenvalue weighted by Crippen LogP contribution is -2.40. The molecule has 0 atom stereocenters. The Hall–Kier alpha value is -2.90. The fourth-order valence-corrected chi connectivity index (χ4v) is 3.31. The van der Waals surface area contributed by atoms with Gasteiger partial charge in [-0.2, -0.15) is 0 Å². The van der Waals surface area contributed by atoms with Gasteiger partial charge >= 0.3 is 12.0 Å². The van der Waals surface area contributed by atoms with Crippen LogP contribution >= 0.6 is 0 Å². The van der Waals surface area contributed by atoms with Crippen LogP contribution in [-0.2, 0) is 19.1 Å². The van der Waals surface area contributed by atoms with E-state index in [0.717, 1.165) is 21.7 Å². The van der Waals surface area contributed by atoms with Crippen LogP contribution in [0.15, 0.2) is 18.2 Å². The van der Waals surface area contributed by atoms with Crippen molar-refractivity contribution < 1.29 is 23.9 Å².